The fourth-order valence-electron chi connectivity index (χ4n) is 4.67. The van der Waals surface area contributed by atoms with Crippen molar-refractivity contribution in [1.82, 2.24) is 20.4 Å². The number of para-hydroxylation sites is 1. The van der Waals surface area contributed by atoms with E-state index >= 15 is 0 Å². The molecule has 0 atom stereocenters. The SMILES string of the molecule is CC(C)Oc1ccc(COc2nc(N3CCc4ccccc43)ncc2C(=O)NN2CCCCCC2=O)cc1. The molecule has 9 heteroatoms. The Morgan fingerprint density at radius 3 is 2.66 bits per heavy atom. The van der Waals surface area contributed by atoms with Crippen molar-refractivity contribution in [2.24, 2.45) is 0 Å². The molecular weight excluding hydrogens is 482 g/mol. The number of anilines is 2. The first kappa shape index (κ1) is 25.5. The van der Waals surface area contributed by atoms with Gasteiger partial charge < -0.3 is 14.4 Å². The number of carbonyl (C=O) groups excluding carboxylic acids is 2. The summed E-state index contributed by atoms with van der Waals surface area (Å²) in [6, 6.07) is 15.8. The number of hydrogen-bond acceptors (Lipinski definition) is 7. The summed E-state index contributed by atoms with van der Waals surface area (Å²) in [5, 5.41) is 1.40. The van der Waals surface area contributed by atoms with Gasteiger partial charge in [-0.1, -0.05) is 36.8 Å². The lowest BCUT2D eigenvalue weighted by Gasteiger charge is -2.22. The van der Waals surface area contributed by atoms with Crippen LogP contribution in [0.2, 0.25) is 0 Å². The van der Waals surface area contributed by atoms with Gasteiger partial charge in [0.1, 0.15) is 17.9 Å². The molecule has 2 aliphatic rings. The van der Waals surface area contributed by atoms with Crippen LogP contribution >= 0.6 is 0 Å². The normalized spacial score (nSPS) is 15.3. The molecule has 2 aromatic carbocycles. The quantitative estimate of drug-likeness (QED) is 0.469. The second kappa shape index (κ2) is 11.5. The van der Waals surface area contributed by atoms with Gasteiger partial charge in [0.15, 0.2) is 0 Å². The van der Waals surface area contributed by atoms with Gasteiger partial charge in [0.05, 0.1) is 6.10 Å². The zero-order valence-electron chi connectivity index (χ0n) is 21.9. The summed E-state index contributed by atoms with van der Waals surface area (Å²) in [6.07, 6.45) is 5.51. The smallest absolute Gasteiger partial charge is 0.276 e. The van der Waals surface area contributed by atoms with Crippen LogP contribution in [0.1, 0.15) is 61.0 Å². The molecule has 9 nitrogen and oxygen atoms in total. The number of benzene rings is 2. The highest BCUT2D eigenvalue weighted by atomic mass is 16.5. The lowest BCUT2D eigenvalue weighted by molar-refractivity contribution is -0.133. The molecule has 3 aromatic rings. The van der Waals surface area contributed by atoms with Gasteiger partial charge in [-0.25, -0.2) is 4.98 Å². The summed E-state index contributed by atoms with van der Waals surface area (Å²) in [4.78, 5) is 37.0. The number of rotatable bonds is 8. The van der Waals surface area contributed by atoms with Crippen molar-refractivity contribution < 1.29 is 19.1 Å². The zero-order chi connectivity index (χ0) is 26.5. The van der Waals surface area contributed by atoms with Crippen LogP contribution in [0, 0.1) is 0 Å². The van der Waals surface area contributed by atoms with E-state index in [2.05, 4.69) is 21.5 Å². The highest BCUT2D eigenvalue weighted by molar-refractivity contribution is 5.97. The Morgan fingerprint density at radius 1 is 1.03 bits per heavy atom. The first-order valence-corrected chi connectivity index (χ1v) is 13.2. The Hall–Kier alpha value is -4.14. The Morgan fingerprint density at radius 2 is 1.84 bits per heavy atom. The zero-order valence-corrected chi connectivity index (χ0v) is 21.9. The highest BCUT2D eigenvalue weighted by Gasteiger charge is 2.26. The number of fused-ring (bicyclic) bond motifs is 1. The van der Waals surface area contributed by atoms with Crippen LogP contribution < -0.4 is 19.8 Å². The molecule has 0 spiro atoms. The number of nitrogens with one attached hydrogen (secondary N) is 1. The van der Waals surface area contributed by atoms with E-state index in [1.54, 1.807) is 0 Å². The molecule has 38 heavy (non-hydrogen) atoms. The first-order chi connectivity index (χ1) is 18.5. The molecule has 0 saturated carbocycles. The summed E-state index contributed by atoms with van der Waals surface area (Å²) < 4.78 is 11.8. The Labute approximate surface area is 222 Å². The third-order valence-electron chi connectivity index (χ3n) is 6.59. The third kappa shape index (κ3) is 5.88. The van der Waals surface area contributed by atoms with E-state index in [4.69, 9.17) is 9.47 Å². The second-order valence-electron chi connectivity index (χ2n) is 9.82. The van der Waals surface area contributed by atoms with Gasteiger partial charge in [0, 0.05) is 31.4 Å². The van der Waals surface area contributed by atoms with Crippen LogP contribution in [0.25, 0.3) is 0 Å². The average Bonchev–Trinajstić information content (AvgIpc) is 3.25. The lowest BCUT2D eigenvalue weighted by Crippen LogP contribution is -2.46. The van der Waals surface area contributed by atoms with Gasteiger partial charge >= 0.3 is 0 Å². The number of aromatic nitrogens is 2. The fraction of sp³-hybridized carbons (Fsp3) is 0.379. The van der Waals surface area contributed by atoms with Crippen molar-refractivity contribution in [2.75, 3.05) is 18.0 Å². The van der Waals surface area contributed by atoms with Crippen molar-refractivity contribution >= 4 is 23.5 Å². The average molecular weight is 516 g/mol. The van der Waals surface area contributed by atoms with Gasteiger partial charge in [0.25, 0.3) is 5.91 Å². The van der Waals surface area contributed by atoms with E-state index in [1.807, 2.05) is 61.2 Å². The minimum atomic E-state index is -0.468. The monoisotopic (exact) mass is 515 g/mol. The predicted octanol–water partition coefficient (Wildman–Crippen LogP) is 4.58. The van der Waals surface area contributed by atoms with Gasteiger partial charge in [-0.2, -0.15) is 4.98 Å². The molecule has 0 radical (unpaired) electrons. The molecule has 198 valence electrons. The fourth-order valence-corrected chi connectivity index (χ4v) is 4.67. The van der Waals surface area contributed by atoms with E-state index in [-0.39, 0.29) is 30.1 Å². The summed E-state index contributed by atoms with van der Waals surface area (Å²) in [7, 11) is 0. The van der Waals surface area contributed by atoms with Gasteiger partial charge in [-0.3, -0.25) is 20.0 Å². The van der Waals surface area contributed by atoms with E-state index in [9.17, 15) is 9.59 Å². The minimum absolute atomic E-state index is 0.0874. The highest BCUT2D eigenvalue weighted by Crippen LogP contribution is 2.33. The number of ether oxygens (including phenoxy) is 2. The summed E-state index contributed by atoms with van der Waals surface area (Å²) >= 11 is 0. The van der Waals surface area contributed by atoms with Gasteiger partial charge in [0.2, 0.25) is 17.7 Å². The van der Waals surface area contributed by atoms with E-state index in [0.717, 1.165) is 49.2 Å². The Balaban J connectivity index is 1.39. The minimum Gasteiger partial charge on any atom is -0.491 e. The largest absolute Gasteiger partial charge is 0.491 e. The van der Waals surface area contributed by atoms with Crippen molar-refractivity contribution in [2.45, 2.75) is 58.7 Å². The lowest BCUT2D eigenvalue weighted by atomic mass is 10.2. The maximum absolute atomic E-state index is 13.3. The summed E-state index contributed by atoms with van der Waals surface area (Å²) in [5.74, 6) is 0.857. The molecule has 2 amide bonds. The van der Waals surface area contributed by atoms with Crippen molar-refractivity contribution in [3.8, 4) is 11.6 Å². The Kier molecular flexibility index (Phi) is 7.72. The molecule has 0 aliphatic carbocycles. The van der Waals surface area contributed by atoms with Crippen LogP contribution in [-0.2, 0) is 17.8 Å². The number of amides is 2. The molecule has 1 N–H and O–H groups in total. The van der Waals surface area contributed by atoms with Crippen LogP contribution in [0.15, 0.2) is 54.7 Å². The topological polar surface area (TPSA) is 96.9 Å². The molecule has 1 aromatic heterocycles. The van der Waals surface area contributed by atoms with Crippen molar-refractivity contribution in [3.05, 3.63) is 71.4 Å². The standard InChI is InChI=1S/C29H33N5O4/c1-20(2)38-23-13-11-21(12-14-23)19-37-28-24(27(36)32-34-16-7-3-4-10-26(34)35)18-30-29(31-28)33-17-15-22-8-5-6-9-25(22)33/h5-6,8-9,11-14,18,20H,3-4,7,10,15-17,19H2,1-2H3,(H,32,36). The van der Waals surface area contributed by atoms with Gasteiger partial charge in [-0.05, 0) is 62.4 Å². The molecular formula is C29H33N5O4. The van der Waals surface area contributed by atoms with Crippen LogP contribution in [0.4, 0.5) is 11.6 Å². The van der Waals surface area contributed by atoms with Crippen LogP contribution in [0.3, 0.4) is 0 Å². The number of hydrogen-bond donors (Lipinski definition) is 1. The van der Waals surface area contributed by atoms with Crippen LogP contribution in [-0.4, -0.2) is 46.0 Å². The maximum atomic E-state index is 13.3. The molecule has 0 bridgehead atoms. The van der Waals surface area contributed by atoms with Crippen LogP contribution in [0.5, 0.6) is 11.6 Å². The molecule has 1 fully saturated rings. The number of hydrazine groups is 1. The molecule has 5 rings (SSSR count). The number of nitrogens with zero attached hydrogens (tertiary/aromatic N) is 4. The molecule has 0 unspecified atom stereocenters. The third-order valence-corrected chi connectivity index (χ3v) is 6.59. The maximum Gasteiger partial charge on any atom is 0.276 e. The summed E-state index contributed by atoms with van der Waals surface area (Å²) in [6.45, 7) is 5.39. The molecule has 3 heterocycles. The van der Waals surface area contributed by atoms with Gasteiger partial charge in [-0.15, -0.1) is 0 Å². The Bertz CT molecular complexity index is 1290. The van der Waals surface area contributed by atoms with Crippen molar-refractivity contribution in [1.29, 1.82) is 0 Å². The second-order valence-corrected chi connectivity index (χ2v) is 9.82. The van der Waals surface area contributed by atoms with E-state index in [1.165, 1.54) is 16.8 Å². The molecule has 1 saturated heterocycles. The molecule has 2 aliphatic heterocycles. The van der Waals surface area contributed by atoms with Crippen molar-refractivity contribution in [3.63, 3.8) is 0 Å². The predicted molar refractivity (Wildman–Crippen MR) is 143 cm³/mol. The number of carbonyl (C=O) groups is 2. The van der Waals surface area contributed by atoms with E-state index in [0.29, 0.717) is 18.9 Å². The first-order valence-electron chi connectivity index (χ1n) is 13.2. The van der Waals surface area contributed by atoms with E-state index < -0.39 is 5.91 Å². The summed E-state index contributed by atoms with van der Waals surface area (Å²) in [5.41, 5.74) is 6.11.